The van der Waals surface area contributed by atoms with E-state index in [1.165, 1.54) is 19.3 Å². The fraction of sp³-hybridized carbons (Fsp3) is 1.00. The van der Waals surface area contributed by atoms with Crippen molar-refractivity contribution in [2.75, 3.05) is 172 Å². The second-order valence-corrected chi connectivity index (χ2v) is 10.4. The van der Waals surface area contributed by atoms with Crippen molar-refractivity contribution in [2.24, 2.45) is 0 Å². The highest BCUT2D eigenvalue weighted by atomic mass is 16.6. The van der Waals surface area contributed by atoms with Gasteiger partial charge in [0.25, 0.3) is 0 Å². The standard InChI is InChI=1S/C34H70O13/c1-3-5-7-8-10-36-12-14-38-16-18-40-20-22-42-24-26-44-28-30-46-32-34-47-33-31-45-29-27-43-25-23-41-21-19-39-17-15-37-13-11-35-9-6-4-2/h3-34H2,1-2H3. The monoisotopic (exact) mass is 686 g/mol. The molecule has 0 saturated carbocycles. The predicted octanol–water partition coefficient (Wildman–Crippen LogP) is 3.58. The molecular weight excluding hydrogens is 616 g/mol. The normalized spacial score (nSPS) is 11.6. The Kier molecular flexibility index (Phi) is 45.0. The summed E-state index contributed by atoms with van der Waals surface area (Å²) in [6.07, 6.45) is 7.14. The quantitative estimate of drug-likeness (QED) is 0.0870. The molecule has 0 N–H and O–H groups in total. The van der Waals surface area contributed by atoms with Crippen LogP contribution in [0.3, 0.4) is 0 Å². The van der Waals surface area contributed by atoms with E-state index < -0.39 is 0 Å². The molecule has 0 saturated heterocycles. The van der Waals surface area contributed by atoms with Gasteiger partial charge in [0.15, 0.2) is 0 Å². The summed E-state index contributed by atoms with van der Waals surface area (Å²) < 4.78 is 71.2. The molecular formula is C34H70O13. The first kappa shape index (κ1) is 46.5. The zero-order chi connectivity index (χ0) is 33.8. The molecule has 0 aromatic carbocycles. The molecule has 0 aliphatic heterocycles. The van der Waals surface area contributed by atoms with Crippen molar-refractivity contribution in [1.82, 2.24) is 0 Å². The van der Waals surface area contributed by atoms with E-state index in [0.717, 1.165) is 32.5 Å². The van der Waals surface area contributed by atoms with E-state index in [-0.39, 0.29) is 0 Å². The van der Waals surface area contributed by atoms with Gasteiger partial charge in [-0.25, -0.2) is 0 Å². The predicted molar refractivity (Wildman–Crippen MR) is 180 cm³/mol. The largest absolute Gasteiger partial charge is 0.379 e. The maximum atomic E-state index is 5.53. The van der Waals surface area contributed by atoms with Crippen molar-refractivity contribution in [3.63, 3.8) is 0 Å². The summed E-state index contributed by atoms with van der Waals surface area (Å²) in [6.45, 7) is 19.1. The minimum atomic E-state index is 0.517. The highest BCUT2D eigenvalue weighted by Crippen LogP contribution is 1.98. The van der Waals surface area contributed by atoms with Crippen LogP contribution in [0.4, 0.5) is 0 Å². The van der Waals surface area contributed by atoms with Gasteiger partial charge in [-0.15, -0.1) is 0 Å². The zero-order valence-electron chi connectivity index (χ0n) is 29.9. The van der Waals surface area contributed by atoms with Crippen LogP contribution < -0.4 is 0 Å². The molecule has 13 heteroatoms. The molecule has 284 valence electrons. The molecule has 0 amide bonds. The van der Waals surface area contributed by atoms with Crippen molar-refractivity contribution < 1.29 is 61.6 Å². The molecule has 0 heterocycles. The zero-order valence-corrected chi connectivity index (χ0v) is 29.9. The number of ether oxygens (including phenoxy) is 13. The molecule has 0 aromatic rings. The summed E-state index contributed by atoms with van der Waals surface area (Å²) in [4.78, 5) is 0. The number of hydrogen-bond acceptors (Lipinski definition) is 13. The van der Waals surface area contributed by atoms with Crippen LogP contribution in [0, 0.1) is 0 Å². The Balaban J connectivity index is 3.03. The Morgan fingerprint density at radius 2 is 0.340 bits per heavy atom. The Labute approximate surface area is 285 Å². The van der Waals surface area contributed by atoms with Crippen molar-refractivity contribution in [3.8, 4) is 0 Å². The maximum absolute atomic E-state index is 5.53. The van der Waals surface area contributed by atoms with Crippen LogP contribution in [-0.2, 0) is 61.6 Å². The summed E-state index contributed by atoms with van der Waals surface area (Å²) in [5.41, 5.74) is 0. The SMILES string of the molecule is CCCCCCOCCOCCOCCOCCOCCOCCOCCOCCOCCOCCOCCOCCOCCCC. The second-order valence-electron chi connectivity index (χ2n) is 10.4. The molecule has 0 atom stereocenters. The highest BCUT2D eigenvalue weighted by Gasteiger charge is 1.97. The molecule has 13 nitrogen and oxygen atoms in total. The summed E-state index contributed by atoms with van der Waals surface area (Å²) in [6, 6.07) is 0. The van der Waals surface area contributed by atoms with Crippen LogP contribution in [0.5, 0.6) is 0 Å². The molecule has 47 heavy (non-hydrogen) atoms. The van der Waals surface area contributed by atoms with Gasteiger partial charge >= 0.3 is 0 Å². The first-order valence-corrected chi connectivity index (χ1v) is 17.9. The summed E-state index contributed by atoms with van der Waals surface area (Å²) in [5.74, 6) is 0. The van der Waals surface area contributed by atoms with E-state index in [1.54, 1.807) is 0 Å². The molecule has 0 unspecified atom stereocenters. The third-order valence-corrected chi connectivity index (χ3v) is 6.25. The minimum Gasteiger partial charge on any atom is -0.379 e. The van der Waals surface area contributed by atoms with Gasteiger partial charge in [0.1, 0.15) is 0 Å². The van der Waals surface area contributed by atoms with Gasteiger partial charge in [0.05, 0.1) is 159 Å². The molecule has 0 aromatic heterocycles. The van der Waals surface area contributed by atoms with Crippen molar-refractivity contribution in [3.05, 3.63) is 0 Å². The van der Waals surface area contributed by atoms with Gasteiger partial charge in [-0.3, -0.25) is 0 Å². The van der Waals surface area contributed by atoms with Crippen molar-refractivity contribution in [2.45, 2.75) is 52.4 Å². The van der Waals surface area contributed by atoms with E-state index in [0.29, 0.717) is 159 Å². The van der Waals surface area contributed by atoms with Crippen LogP contribution >= 0.6 is 0 Å². The summed E-state index contributed by atoms with van der Waals surface area (Å²) in [7, 11) is 0. The summed E-state index contributed by atoms with van der Waals surface area (Å²) >= 11 is 0. The Morgan fingerprint density at radius 3 is 0.532 bits per heavy atom. The van der Waals surface area contributed by atoms with Crippen LogP contribution in [0.25, 0.3) is 0 Å². The van der Waals surface area contributed by atoms with Crippen LogP contribution in [0.1, 0.15) is 52.4 Å². The Morgan fingerprint density at radius 1 is 0.170 bits per heavy atom. The van der Waals surface area contributed by atoms with Gasteiger partial charge in [-0.1, -0.05) is 39.5 Å². The first-order chi connectivity index (χ1) is 23.4. The van der Waals surface area contributed by atoms with Gasteiger partial charge in [-0.05, 0) is 12.8 Å². The van der Waals surface area contributed by atoms with E-state index in [9.17, 15) is 0 Å². The van der Waals surface area contributed by atoms with E-state index in [2.05, 4.69) is 13.8 Å². The van der Waals surface area contributed by atoms with Crippen molar-refractivity contribution in [1.29, 1.82) is 0 Å². The number of rotatable bonds is 44. The average molecular weight is 687 g/mol. The third kappa shape index (κ3) is 45.5. The van der Waals surface area contributed by atoms with Gasteiger partial charge < -0.3 is 61.6 Å². The second kappa shape index (κ2) is 45.5. The average Bonchev–Trinajstić information content (AvgIpc) is 3.08. The van der Waals surface area contributed by atoms with Crippen molar-refractivity contribution >= 4 is 0 Å². The van der Waals surface area contributed by atoms with Crippen LogP contribution in [0.15, 0.2) is 0 Å². The number of unbranched alkanes of at least 4 members (excludes halogenated alkanes) is 4. The van der Waals surface area contributed by atoms with Crippen LogP contribution in [-0.4, -0.2) is 172 Å². The lowest BCUT2D eigenvalue weighted by molar-refractivity contribution is -0.0290. The number of hydrogen-bond donors (Lipinski definition) is 0. The first-order valence-electron chi connectivity index (χ1n) is 17.9. The van der Waals surface area contributed by atoms with Gasteiger partial charge in [-0.2, -0.15) is 0 Å². The third-order valence-electron chi connectivity index (χ3n) is 6.25. The van der Waals surface area contributed by atoms with Gasteiger partial charge in [0, 0.05) is 13.2 Å². The fourth-order valence-corrected chi connectivity index (χ4v) is 3.62. The smallest absolute Gasteiger partial charge is 0.0701 e. The van der Waals surface area contributed by atoms with Gasteiger partial charge in [0.2, 0.25) is 0 Å². The lowest BCUT2D eigenvalue weighted by atomic mass is 10.2. The lowest BCUT2D eigenvalue weighted by Crippen LogP contribution is -2.15. The Bertz CT molecular complexity index is 490. The fourth-order valence-electron chi connectivity index (χ4n) is 3.62. The van der Waals surface area contributed by atoms with Crippen LogP contribution in [0.2, 0.25) is 0 Å². The topological polar surface area (TPSA) is 120 Å². The molecule has 0 aliphatic rings. The minimum absolute atomic E-state index is 0.517. The lowest BCUT2D eigenvalue weighted by Gasteiger charge is -2.09. The summed E-state index contributed by atoms with van der Waals surface area (Å²) in [5, 5.41) is 0. The Hall–Kier alpha value is -0.520. The van der Waals surface area contributed by atoms with E-state index >= 15 is 0 Å². The highest BCUT2D eigenvalue weighted by molar-refractivity contribution is 4.41. The maximum Gasteiger partial charge on any atom is 0.0701 e. The van der Waals surface area contributed by atoms with E-state index in [4.69, 9.17) is 61.6 Å². The molecule has 0 spiro atoms. The molecule has 0 fully saturated rings. The molecule has 0 bridgehead atoms. The molecule has 0 aliphatic carbocycles. The molecule has 0 radical (unpaired) electrons. The van der Waals surface area contributed by atoms with E-state index in [1.807, 2.05) is 0 Å². The molecule has 0 rings (SSSR count).